The third kappa shape index (κ3) is 4.68. The van der Waals surface area contributed by atoms with Crippen molar-refractivity contribution in [3.8, 4) is 17.0 Å². The van der Waals surface area contributed by atoms with E-state index in [0.717, 1.165) is 13.0 Å². The first kappa shape index (κ1) is 22.5. The van der Waals surface area contributed by atoms with Gasteiger partial charge in [0.1, 0.15) is 6.10 Å². The first-order chi connectivity index (χ1) is 16.6. The number of fused-ring (bicyclic) bond motifs is 1. The summed E-state index contributed by atoms with van der Waals surface area (Å²) in [5.74, 6) is 1.05. The molecule has 3 N–H and O–H groups in total. The third-order valence-electron chi connectivity index (χ3n) is 5.92. The zero-order valence-corrected chi connectivity index (χ0v) is 19.9. The Balaban J connectivity index is 1.41. The van der Waals surface area contributed by atoms with E-state index in [0.29, 0.717) is 35.7 Å². The Morgan fingerprint density at radius 2 is 2.18 bits per heavy atom. The molecule has 1 aromatic carbocycles. The Morgan fingerprint density at radius 1 is 1.29 bits per heavy atom. The lowest BCUT2D eigenvalue weighted by atomic mass is 10.0. The lowest BCUT2D eigenvalue weighted by molar-refractivity contribution is 0.138. The summed E-state index contributed by atoms with van der Waals surface area (Å²) in [5, 5.41) is 16.9. The minimum absolute atomic E-state index is 0.0161. The number of anilines is 1. The number of pyridine rings is 1. The standard InChI is InChI=1S/C25H27N5O3S/c1-15(22-9-17(14-34-22)19-6-4-3-5-16(19)11-26-2)28-24-20-10-23(33-18-7-8-32-13-18)27-12-21(20)25(31)30-29-24/h3-6,9-10,12,14-15,18,26H,7-8,11,13H2,1-2H3,(H,28,29)(H,30,31)/t15-,18+/m1/s1. The fourth-order valence-electron chi connectivity index (χ4n) is 4.14. The van der Waals surface area contributed by atoms with Crippen LogP contribution in [0.2, 0.25) is 0 Å². The van der Waals surface area contributed by atoms with Crippen molar-refractivity contribution < 1.29 is 9.47 Å². The molecule has 0 amide bonds. The first-order valence-electron chi connectivity index (χ1n) is 11.3. The number of ether oxygens (including phenoxy) is 2. The van der Waals surface area contributed by atoms with E-state index in [1.165, 1.54) is 21.6 Å². The molecule has 3 aromatic heterocycles. The summed E-state index contributed by atoms with van der Waals surface area (Å²) in [6.07, 6.45) is 2.34. The van der Waals surface area contributed by atoms with Gasteiger partial charge < -0.3 is 20.1 Å². The minimum atomic E-state index is -0.281. The second-order valence-electron chi connectivity index (χ2n) is 8.36. The fourth-order valence-corrected chi connectivity index (χ4v) is 5.05. The quantitative estimate of drug-likeness (QED) is 0.351. The van der Waals surface area contributed by atoms with Gasteiger partial charge in [0, 0.05) is 35.5 Å². The Kier molecular flexibility index (Phi) is 6.57. The SMILES string of the molecule is CNCc1ccccc1-c1csc([C@@H](C)Nc2n[nH]c(=O)c3cnc(O[C@H]4CCOC4)cc23)c1. The Hall–Kier alpha value is -3.27. The molecule has 0 saturated carbocycles. The van der Waals surface area contributed by atoms with Crippen LogP contribution in [0.3, 0.4) is 0 Å². The average Bonchev–Trinajstić information content (AvgIpc) is 3.54. The van der Waals surface area contributed by atoms with E-state index in [4.69, 9.17) is 9.47 Å². The second-order valence-corrected chi connectivity index (χ2v) is 9.31. The van der Waals surface area contributed by atoms with Gasteiger partial charge in [-0.1, -0.05) is 24.3 Å². The van der Waals surface area contributed by atoms with Crippen LogP contribution in [0.15, 0.2) is 52.8 Å². The highest BCUT2D eigenvalue weighted by Gasteiger charge is 2.19. The van der Waals surface area contributed by atoms with Gasteiger partial charge in [-0.3, -0.25) is 4.79 Å². The van der Waals surface area contributed by atoms with Gasteiger partial charge in [0.05, 0.1) is 24.6 Å². The van der Waals surface area contributed by atoms with E-state index in [1.807, 2.05) is 7.05 Å². The molecule has 9 heteroatoms. The summed E-state index contributed by atoms with van der Waals surface area (Å²) in [5.41, 5.74) is 3.40. The number of aromatic nitrogens is 3. The zero-order chi connectivity index (χ0) is 23.5. The van der Waals surface area contributed by atoms with Crippen molar-refractivity contribution in [2.24, 2.45) is 0 Å². The summed E-state index contributed by atoms with van der Waals surface area (Å²) >= 11 is 1.70. The van der Waals surface area contributed by atoms with Crippen LogP contribution in [-0.4, -0.2) is 41.5 Å². The van der Waals surface area contributed by atoms with E-state index in [2.05, 4.69) is 68.5 Å². The molecule has 0 bridgehead atoms. The van der Waals surface area contributed by atoms with E-state index in [-0.39, 0.29) is 17.7 Å². The molecule has 4 aromatic rings. The van der Waals surface area contributed by atoms with Crippen molar-refractivity contribution in [2.75, 3.05) is 25.6 Å². The number of aromatic amines is 1. The van der Waals surface area contributed by atoms with Gasteiger partial charge in [-0.05, 0) is 42.1 Å². The molecule has 0 unspecified atom stereocenters. The predicted molar refractivity (Wildman–Crippen MR) is 135 cm³/mol. The molecule has 8 nitrogen and oxygen atoms in total. The van der Waals surface area contributed by atoms with Gasteiger partial charge in [0.2, 0.25) is 5.88 Å². The summed E-state index contributed by atoms with van der Waals surface area (Å²) < 4.78 is 11.3. The van der Waals surface area contributed by atoms with Gasteiger partial charge in [-0.15, -0.1) is 11.3 Å². The smallest absolute Gasteiger partial charge is 0.273 e. The number of rotatable bonds is 8. The molecule has 0 radical (unpaired) electrons. The molecule has 5 rings (SSSR count). The minimum Gasteiger partial charge on any atom is -0.472 e. The number of hydrogen-bond donors (Lipinski definition) is 3. The monoisotopic (exact) mass is 477 g/mol. The van der Waals surface area contributed by atoms with Crippen molar-refractivity contribution in [1.82, 2.24) is 20.5 Å². The third-order valence-corrected chi connectivity index (χ3v) is 7.03. The molecular formula is C25H27N5O3S. The highest BCUT2D eigenvalue weighted by atomic mass is 32.1. The molecule has 1 fully saturated rings. The Bertz CT molecular complexity index is 1350. The lowest BCUT2D eigenvalue weighted by Crippen LogP contribution is -2.17. The number of nitrogens with one attached hydrogen (secondary N) is 3. The Labute approximate surface area is 201 Å². The molecule has 176 valence electrons. The number of H-pyrrole nitrogens is 1. The maximum atomic E-state index is 12.3. The topological polar surface area (TPSA) is 101 Å². The summed E-state index contributed by atoms with van der Waals surface area (Å²) in [6, 6.07) is 12.4. The normalized spacial score (nSPS) is 16.6. The first-order valence-corrected chi connectivity index (χ1v) is 12.2. The largest absolute Gasteiger partial charge is 0.472 e. The number of benzene rings is 1. The van der Waals surface area contributed by atoms with E-state index in [1.54, 1.807) is 23.6 Å². The van der Waals surface area contributed by atoms with Crippen LogP contribution in [0.5, 0.6) is 5.88 Å². The van der Waals surface area contributed by atoms with Crippen molar-refractivity contribution in [3.05, 3.63) is 68.8 Å². The van der Waals surface area contributed by atoms with Crippen LogP contribution >= 0.6 is 11.3 Å². The molecular weight excluding hydrogens is 450 g/mol. The maximum absolute atomic E-state index is 12.3. The molecule has 1 aliphatic rings. The van der Waals surface area contributed by atoms with Crippen molar-refractivity contribution in [3.63, 3.8) is 0 Å². The zero-order valence-electron chi connectivity index (χ0n) is 19.1. The van der Waals surface area contributed by atoms with Crippen molar-refractivity contribution in [2.45, 2.75) is 32.0 Å². The van der Waals surface area contributed by atoms with Crippen LogP contribution in [0.1, 0.15) is 29.8 Å². The highest BCUT2D eigenvalue weighted by Crippen LogP contribution is 2.33. The molecule has 34 heavy (non-hydrogen) atoms. The molecule has 0 aliphatic carbocycles. The Morgan fingerprint density at radius 3 is 3.00 bits per heavy atom. The highest BCUT2D eigenvalue weighted by molar-refractivity contribution is 7.10. The van der Waals surface area contributed by atoms with Gasteiger partial charge in [-0.2, -0.15) is 5.10 Å². The van der Waals surface area contributed by atoms with E-state index in [9.17, 15) is 4.79 Å². The predicted octanol–water partition coefficient (Wildman–Crippen LogP) is 4.11. The number of hydrogen-bond acceptors (Lipinski definition) is 8. The van der Waals surface area contributed by atoms with Gasteiger partial charge in [-0.25, -0.2) is 10.1 Å². The van der Waals surface area contributed by atoms with Crippen molar-refractivity contribution in [1.29, 1.82) is 0 Å². The van der Waals surface area contributed by atoms with Crippen LogP contribution < -0.4 is 20.9 Å². The summed E-state index contributed by atoms with van der Waals surface area (Å²) in [7, 11) is 1.96. The molecule has 1 aliphatic heterocycles. The van der Waals surface area contributed by atoms with Gasteiger partial charge in [0.15, 0.2) is 5.82 Å². The van der Waals surface area contributed by atoms with E-state index >= 15 is 0 Å². The van der Waals surface area contributed by atoms with Crippen LogP contribution in [0, 0.1) is 0 Å². The van der Waals surface area contributed by atoms with Gasteiger partial charge >= 0.3 is 0 Å². The summed E-state index contributed by atoms with van der Waals surface area (Å²) in [6.45, 7) is 4.13. The molecule has 2 atom stereocenters. The van der Waals surface area contributed by atoms with Crippen LogP contribution in [-0.2, 0) is 11.3 Å². The van der Waals surface area contributed by atoms with Crippen molar-refractivity contribution >= 4 is 27.9 Å². The average molecular weight is 478 g/mol. The second kappa shape index (κ2) is 9.92. The lowest BCUT2D eigenvalue weighted by Gasteiger charge is -2.15. The number of thiophene rings is 1. The van der Waals surface area contributed by atoms with Crippen LogP contribution in [0.4, 0.5) is 5.82 Å². The molecule has 0 spiro atoms. The fraction of sp³-hybridized carbons (Fsp3) is 0.320. The van der Waals surface area contributed by atoms with Crippen LogP contribution in [0.25, 0.3) is 21.9 Å². The molecule has 4 heterocycles. The summed E-state index contributed by atoms with van der Waals surface area (Å²) in [4.78, 5) is 17.8. The molecule has 1 saturated heterocycles. The van der Waals surface area contributed by atoms with Gasteiger partial charge in [0.25, 0.3) is 5.56 Å². The number of nitrogens with zero attached hydrogens (tertiary/aromatic N) is 2. The van der Waals surface area contributed by atoms with E-state index < -0.39 is 0 Å². The maximum Gasteiger partial charge on any atom is 0.273 e.